The van der Waals surface area contributed by atoms with Gasteiger partial charge in [-0.2, -0.15) is 0 Å². The van der Waals surface area contributed by atoms with Gasteiger partial charge in [0.25, 0.3) is 0 Å². The summed E-state index contributed by atoms with van der Waals surface area (Å²) < 4.78 is 10.6. The molecule has 1 aliphatic carbocycles. The quantitative estimate of drug-likeness (QED) is 0.453. The maximum atomic E-state index is 12.7. The number of ether oxygens (including phenoxy) is 2. The van der Waals surface area contributed by atoms with Crippen molar-refractivity contribution in [1.82, 2.24) is 0 Å². The molecule has 0 aromatic carbocycles. The molecule has 5 heteroatoms. The molecule has 2 rings (SSSR count). The predicted molar refractivity (Wildman–Crippen MR) is 79.8 cm³/mol. The van der Waals surface area contributed by atoms with Gasteiger partial charge in [0.2, 0.25) is 0 Å². The van der Waals surface area contributed by atoms with Crippen LogP contribution in [0.4, 0.5) is 0 Å². The van der Waals surface area contributed by atoms with Crippen LogP contribution in [0, 0.1) is 23.2 Å². The molecule has 1 spiro atoms. The van der Waals surface area contributed by atoms with E-state index in [4.69, 9.17) is 9.47 Å². The first kappa shape index (κ1) is 16.7. The summed E-state index contributed by atoms with van der Waals surface area (Å²) >= 11 is 0. The van der Waals surface area contributed by atoms with E-state index in [-0.39, 0.29) is 30.0 Å². The Morgan fingerprint density at radius 1 is 1.41 bits per heavy atom. The van der Waals surface area contributed by atoms with Crippen molar-refractivity contribution in [1.29, 1.82) is 0 Å². The second kappa shape index (κ2) is 5.52. The van der Waals surface area contributed by atoms with Crippen molar-refractivity contribution in [3.05, 3.63) is 12.7 Å². The molecule has 1 saturated carbocycles. The van der Waals surface area contributed by atoms with Crippen LogP contribution in [0.3, 0.4) is 0 Å². The normalized spacial score (nSPS) is 37.4. The van der Waals surface area contributed by atoms with E-state index in [9.17, 15) is 14.4 Å². The Morgan fingerprint density at radius 3 is 2.50 bits per heavy atom. The molecule has 2 aliphatic rings. The van der Waals surface area contributed by atoms with Crippen LogP contribution in [-0.4, -0.2) is 30.4 Å². The van der Waals surface area contributed by atoms with Crippen LogP contribution >= 0.6 is 0 Å². The number of ketones is 1. The summed E-state index contributed by atoms with van der Waals surface area (Å²) in [7, 11) is 1.27. The molecule has 0 aromatic heterocycles. The molecule has 1 saturated heterocycles. The molecule has 0 aromatic rings. The molecular formula is C17H24O5. The van der Waals surface area contributed by atoms with Gasteiger partial charge in [0.15, 0.2) is 5.41 Å². The third-order valence-electron chi connectivity index (χ3n) is 5.50. The summed E-state index contributed by atoms with van der Waals surface area (Å²) in [6, 6.07) is 0. The molecule has 5 nitrogen and oxygen atoms in total. The fraction of sp³-hybridized carbons (Fsp3) is 0.706. The lowest BCUT2D eigenvalue weighted by atomic mass is 9.67. The zero-order valence-electron chi connectivity index (χ0n) is 13.7. The fourth-order valence-corrected chi connectivity index (χ4v) is 4.18. The lowest BCUT2D eigenvalue weighted by Gasteiger charge is -2.34. The van der Waals surface area contributed by atoms with E-state index in [1.807, 2.05) is 0 Å². The first-order valence-corrected chi connectivity index (χ1v) is 7.71. The lowest BCUT2D eigenvalue weighted by molar-refractivity contribution is -0.168. The van der Waals surface area contributed by atoms with E-state index >= 15 is 0 Å². The SMILES string of the molecule is C=C[C@H]1CC[C@@H](C(C)=O)[C@]12C[C@](C(=O)OC)(C(C)C)C(=O)O2. The fourth-order valence-electron chi connectivity index (χ4n) is 4.18. The summed E-state index contributed by atoms with van der Waals surface area (Å²) in [6.45, 7) is 8.94. The second-order valence-corrected chi connectivity index (χ2v) is 6.72. The Labute approximate surface area is 131 Å². The van der Waals surface area contributed by atoms with Gasteiger partial charge in [-0.1, -0.05) is 19.9 Å². The van der Waals surface area contributed by atoms with Crippen LogP contribution in [0.2, 0.25) is 0 Å². The van der Waals surface area contributed by atoms with Crippen molar-refractivity contribution < 1.29 is 23.9 Å². The summed E-state index contributed by atoms with van der Waals surface area (Å²) in [5, 5.41) is 0. The molecule has 0 bridgehead atoms. The number of esters is 2. The molecule has 0 unspecified atom stereocenters. The average Bonchev–Trinajstić information content (AvgIpc) is 2.96. The molecular weight excluding hydrogens is 284 g/mol. The molecule has 0 N–H and O–H groups in total. The average molecular weight is 308 g/mol. The van der Waals surface area contributed by atoms with Gasteiger partial charge in [-0.3, -0.25) is 14.4 Å². The Bertz CT molecular complexity index is 523. The van der Waals surface area contributed by atoms with Crippen molar-refractivity contribution >= 4 is 17.7 Å². The predicted octanol–water partition coefficient (Wildman–Crippen LogP) is 2.29. The molecule has 122 valence electrons. The van der Waals surface area contributed by atoms with Crippen LogP contribution in [0.1, 0.15) is 40.0 Å². The second-order valence-electron chi connectivity index (χ2n) is 6.72. The highest BCUT2D eigenvalue weighted by molar-refractivity contribution is 6.02. The number of rotatable bonds is 4. The maximum absolute atomic E-state index is 12.7. The number of carbonyl (C=O) groups is 3. The maximum Gasteiger partial charge on any atom is 0.324 e. The molecule has 4 atom stereocenters. The van der Waals surface area contributed by atoms with Crippen LogP contribution in [-0.2, 0) is 23.9 Å². The van der Waals surface area contributed by atoms with Gasteiger partial charge in [-0.05, 0) is 25.7 Å². The Hall–Kier alpha value is -1.65. The van der Waals surface area contributed by atoms with Gasteiger partial charge in [0, 0.05) is 12.3 Å². The topological polar surface area (TPSA) is 69.7 Å². The third kappa shape index (κ3) is 2.02. The molecule has 22 heavy (non-hydrogen) atoms. The van der Waals surface area contributed by atoms with Crippen LogP contribution in [0.15, 0.2) is 12.7 Å². The van der Waals surface area contributed by atoms with Gasteiger partial charge < -0.3 is 9.47 Å². The van der Waals surface area contributed by atoms with E-state index in [0.29, 0.717) is 6.42 Å². The highest BCUT2D eigenvalue weighted by Crippen LogP contribution is 2.57. The minimum absolute atomic E-state index is 0.0124. The molecule has 1 heterocycles. The van der Waals surface area contributed by atoms with Gasteiger partial charge >= 0.3 is 11.9 Å². The summed E-state index contributed by atoms with van der Waals surface area (Å²) in [4.78, 5) is 37.1. The van der Waals surface area contributed by atoms with E-state index in [0.717, 1.165) is 6.42 Å². The van der Waals surface area contributed by atoms with Crippen molar-refractivity contribution in [3.8, 4) is 0 Å². The van der Waals surface area contributed by atoms with E-state index < -0.39 is 23.0 Å². The molecule has 0 amide bonds. The zero-order chi connectivity index (χ0) is 16.7. The molecule has 0 radical (unpaired) electrons. The van der Waals surface area contributed by atoms with E-state index in [2.05, 4.69) is 6.58 Å². The number of Topliss-reactive ketones (excluding diaryl/α,β-unsaturated/α-hetero) is 1. The largest absolute Gasteiger partial charge is 0.468 e. The van der Waals surface area contributed by atoms with Gasteiger partial charge in [-0.25, -0.2) is 0 Å². The van der Waals surface area contributed by atoms with E-state index in [1.54, 1.807) is 19.9 Å². The number of hydrogen-bond acceptors (Lipinski definition) is 5. The van der Waals surface area contributed by atoms with Crippen LogP contribution < -0.4 is 0 Å². The first-order valence-electron chi connectivity index (χ1n) is 7.71. The lowest BCUT2D eigenvalue weighted by Crippen LogP contribution is -2.45. The number of methoxy groups -OCH3 is 1. The highest BCUT2D eigenvalue weighted by Gasteiger charge is 2.69. The molecule has 1 aliphatic heterocycles. The monoisotopic (exact) mass is 308 g/mol. The summed E-state index contributed by atoms with van der Waals surface area (Å²) in [6.07, 6.45) is 3.30. The van der Waals surface area contributed by atoms with Gasteiger partial charge in [0.05, 0.1) is 13.0 Å². The number of carbonyl (C=O) groups excluding carboxylic acids is 3. The Morgan fingerprint density at radius 2 is 2.05 bits per heavy atom. The van der Waals surface area contributed by atoms with E-state index in [1.165, 1.54) is 14.0 Å². The van der Waals surface area contributed by atoms with Gasteiger partial charge in [-0.15, -0.1) is 6.58 Å². The Balaban J connectivity index is 2.54. The zero-order valence-corrected chi connectivity index (χ0v) is 13.7. The number of hydrogen-bond donors (Lipinski definition) is 0. The van der Waals surface area contributed by atoms with Crippen molar-refractivity contribution in [2.45, 2.75) is 45.6 Å². The highest BCUT2D eigenvalue weighted by atomic mass is 16.6. The van der Waals surface area contributed by atoms with Crippen LogP contribution in [0.25, 0.3) is 0 Å². The minimum atomic E-state index is -1.34. The summed E-state index contributed by atoms with van der Waals surface area (Å²) in [5.74, 6) is -1.94. The third-order valence-corrected chi connectivity index (χ3v) is 5.50. The standard InChI is InChI=1S/C17H24O5/c1-6-12-7-8-13(11(4)18)17(12)9-16(10(2)3,14(19)21-5)15(20)22-17/h6,10,12-13H,1,7-9H2,2-5H3/t12-,13-,16+,17-/m0/s1. The molecule has 2 fully saturated rings. The van der Waals surface area contributed by atoms with Crippen molar-refractivity contribution in [2.75, 3.05) is 7.11 Å². The first-order chi connectivity index (χ1) is 10.3. The smallest absolute Gasteiger partial charge is 0.324 e. The minimum Gasteiger partial charge on any atom is -0.468 e. The van der Waals surface area contributed by atoms with Crippen molar-refractivity contribution in [3.63, 3.8) is 0 Å². The Kier molecular flexibility index (Phi) is 4.20. The summed E-state index contributed by atoms with van der Waals surface area (Å²) in [5.41, 5.74) is -2.29. The van der Waals surface area contributed by atoms with Gasteiger partial charge in [0.1, 0.15) is 11.4 Å². The van der Waals surface area contributed by atoms with Crippen molar-refractivity contribution in [2.24, 2.45) is 23.2 Å². The van der Waals surface area contributed by atoms with Crippen LogP contribution in [0.5, 0.6) is 0 Å².